The van der Waals surface area contributed by atoms with Crippen LogP contribution in [-0.4, -0.2) is 39.8 Å². The van der Waals surface area contributed by atoms with Crippen molar-refractivity contribution in [2.75, 3.05) is 13.1 Å². The molecule has 2 fully saturated rings. The van der Waals surface area contributed by atoms with Crippen molar-refractivity contribution in [1.82, 2.24) is 10.1 Å². The Labute approximate surface area is 138 Å². The smallest absolute Gasteiger partial charge is 0.227 e. The van der Waals surface area contributed by atoms with Crippen molar-refractivity contribution < 1.29 is 14.4 Å². The minimum absolute atomic E-state index is 0.0584. The number of aromatic nitrogens is 1. The van der Waals surface area contributed by atoms with Gasteiger partial charge in [-0.1, -0.05) is 18.5 Å². The van der Waals surface area contributed by atoms with Gasteiger partial charge in [0, 0.05) is 24.1 Å². The lowest BCUT2D eigenvalue weighted by molar-refractivity contribution is -0.194. The van der Waals surface area contributed by atoms with Crippen LogP contribution in [0.25, 0.3) is 0 Å². The van der Waals surface area contributed by atoms with Crippen LogP contribution in [0.1, 0.15) is 62.5 Å². The molecule has 1 aliphatic heterocycles. The Morgan fingerprint density at radius 2 is 1.96 bits per heavy atom. The predicted octanol–water partition coefficient (Wildman–Crippen LogP) is 2.77. The van der Waals surface area contributed by atoms with Crippen molar-refractivity contribution in [3.05, 3.63) is 17.0 Å². The molecule has 1 aromatic rings. The summed E-state index contributed by atoms with van der Waals surface area (Å²) in [5.74, 6) is 0.883. The highest BCUT2D eigenvalue weighted by Crippen LogP contribution is 2.58. The fraction of sp³-hybridized carbons (Fsp3) is 0.778. The Morgan fingerprint density at radius 3 is 2.43 bits per heavy atom. The van der Waals surface area contributed by atoms with Crippen LogP contribution in [0.3, 0.4) is 0 Å². The van der Waals surface area contributed by atoms with E-state index < -0.39 is 5.60 Å². The quantitative estimate of drug-likeness (QED) is 0.926. The Morgan fingerprint density at radius 1 is 1.26 bits per heavy atom. The molecule has 2 aliphatic rings. The number of carbonyl (C=O) groups excluding carboxylic acids is 1. The lowest BCUT2D eigenvalue weighted by atomic mass is 9.51. The van der Waals surface area contributed by atoms with Crippen LogP contribution in [0.4, 0.5) is 0 Å². The van der Waals surface area contributed by atoms with Crippen molar-refractivity contribution in [2.24, 2.45) is 5.41 Å². The van der Waals surface area contributed by atoms with Gasteiger partial charge in [0.25, 0.3) is 0 Å². The van der Waals surface area contributed by atoms with E-state index in [0.29, 0.717) is 6.42 Å². The van der Waals surface area contributed by atoms with Gasteiger partial charge >= 0.3 is 0 Å². The summed E-state index contributed by atoms with van der Waals surface area (Å²) >= 11 is 0. The molecule has 0 bridgehead atoms. The Balaban J connectivity index is 1.60. The second kappa shape index (κ2) is 5.93. The topological polar surface area (TPSA) is 66.6 Å². The van der Waals surface area contributed by atoms with E-state index in [9.17, 15) is 9.90 Å². The molecule has 128 valence electrons. The van der Waals surface area contributed by atoms with Crippen molar-refractivity contribution in [3.63, 3.8) is 0 Å². The third kappa shape index (κ3) is 2.69. The second-order valence-electron chi connectivity index (χ2n) is 7.42. The Kier molecular flexibility index (Phi) is 4.25. The summed E-state index contributed by atoms with van der Waals surface area (Å²) in [6, 6.07) is 0. The SMILES string of the molecule is CCCC1(O)CCC12CCN(C(=O)Cc1c(C)noc1C)CC2. The van der Waals surface area contributed by atoms with Gasteiger partial charge in [0.15, 0.2) is 0 Å². The van der Waals surface area contributed by atoms with Crippen LogP contribution in [0.2, 0.25) is 0 Å². The van der Waals surface area contributed by atoms with Crippen molar-refractivity contribution >= 4 is 5.91 Å². The fourth-order valence-electron chi connectivity index (χ4n) is 4.49. The number of nitrogens with zero attached hydrogens (tertiary/aromatic N) is 2. The lowest BCUT2D eigenvalue weighted by Gasteiger charge is -2.59. The van der Waals surface area contributed by atoms with Crippen LogP contribution in [0.5, 0.6) is 0 Å². The molecule has 3 rings (SSSR count). The van der Waals surface area contributed by atoms with E-state index in [1.807, 2.05) is 18.7 Å². The maximum absolute atomic E-state index is 12.6. The zero-order chi connectivity index (χ0) is 16.7. The summed E-state index contributed by atoms with van der Waals surface area (Å²) in [6.45, 7) is 7.38. The number of amides is 1. The summed E-state index contributed by atoms with van der Waals surface area (Å²) in [4.78, 5) is 14.5. The summed E-state index contributed by atoms with van der Waals surface area (Å²) in [6.07, 6.45) is 6.16. The van der Waals surface area contributed by atoms with Gasteiger partial charge in [-0.05, 0) is 46.0 Å². The molecule has 1 saturated heterocycles. The van der Waals surface area contributed by atoms with Gasteiger partial charge < -0.3 is 14.5 Å². The first-order valence-electron chi connectivity index (χ1n) is 8.83. The molecule has 2 heterocycles. The van der Waals surface area contributed by atoms with Gasteiger partial charge in [0.05, 0.1) is 17.7 Å². The molecule has 1 N–H and O–H groups in total. The van der Waals surface area contributed by atoms with Crippen LogP contribution < -0.4 is 0 Å². The lowest BCUT2D eigenvalue weighted by Crippen LogP contribution is -2.61. The molecule has 1 saturated carbocycles. The average molecular weight is 320 g/mol. The number of aliphatic hydroxyl groups is 1. The molecule has 23 heavy (non-hydrogen) atoms. The third-order valence-electron chi connectivity index (χ3n) is 6.25. The van der Waals surface area contributed by atoms with Gasteiger partial charge in [0.2, 0.25) is 5.91 Å². The third-order valence-corrected chi connectivity index (χ3v) is 6.25. The first kappa shape index (κ1) is 16.5. The summed E-state index contributed by atoms with van der Waals surface area (Å²) < 4.78 is 5.14. The first-order chi connectivity index (χ1) is 10.9. The van der Waals surface area contributed by atoms with E-state index in [-0.39, 0.29) is 11.3 Å². The highest BCUT2D eigenvalue weighted by Gasteiger charge is 2.57. The normalized spacial score (nSPS) is 26.3. The molecular formula is C18H28N2O3. The van der Waals surface area contributed by atoms with E-state index in [4.69, 9.17) is 4.52 Å². The maximum Gasteiger partial charge on any atom is 0.227 e. The highest BCUT2D eigenvalue weighted by molar-refractivity contribution is 5.79. The molecule has 1 amide bonds. The first-order valence-corrected chi connectivity index (χ1v) is 8.83. The molecule has 1 aliphatic carbocycles. The fourth-order valence-corrected chi connectivity index (χ4v) is 4.49. The molecule has 0 radical (unpaired) electrons. The molecule has 1 atom stereocenters. The largest absolute Gasteiger partial charge is 0.389 e. The van der Waals surface area contributed by atoms with Gasteiger partial charge in [-0.25, -0.2) is 0 Å². The molecule has 0 aromatic carbocycles. The minimum atomic E-state index is -0.488. The number of hydrogen-bond acceptors (Lipinski definition) is 4. The molecule has 1 spiro atoms. The van der Waals surface area contributed by atoms with E-state index in [1.54, 1.807) is 0 Å². The maximum atomic E-state index is 12.6. The van der Waals surface area contributed by atoms with Gasteiger partial charge in [-0.3, -0.25) is 4.79 Å². The van der Waals surface area contributed by atoms with Gasteiger partial charge in [0.1, 0.15) is 5.76 Å². The van der Waals surface area contributed by atoms with Gasteiger partial charge in [-0.2, -0.15) is 0 Å². The molecule has 5 nitrogen and oxygen atoms in total. The number of aryl methyl sites for hydroxylation is 2. The monoisotopic (exact) mass is 320 g/mol. The van der Waals surface area contributed by atoms with Crippen LogP contribution in [0, 0.1) is 19.3 Å². The summed E-state index contributed by atoms with van der Waals surface area (Å²) in [5.41, 5.74) is 1.29. The molecule has 5 heteroatoms. The number of rotatable bonds is 4. The predicted molar refractivity (Wildman–Crippen MR) is 87.0 cm³/mol. The molecule has 1 unspecified atom stereocenters. The van der Waals surface area contributed by atoms with Gasteiger partial charge in [-0.15, -0.1) is 0 Å². The van der Waals surface area contributed by atoms with Crippen LogP contribution in [0.15, 0.2) is 4.52 Å². The van der Waals surface area contributed by atoms with Crippen molar-refractivity contribution in [3.8, 4) is 0 Å². The molecular weight excluding hydrogens is 292 g/mol. The van der Waals surface area contributed by atoms with E-state index in [0.717, 1.165) is 68.6 Å². The average Bonchev–Trinajstić information content (AvgIpc) is 2.86. The molecule has 1 aromatic heterocycles. The number of likely N-dealkylation sites (tertiary alicyclic amines) is 1. The van der Waals surface area contributed by atoms with Crippen LogP contribution in [-0.2, 0) is 11.2 Å². The Hall–Kier alpha value is -1.36. The zero-order valence-corrected chi connectivity index (χ0v) is 14.5. The summed E-state index contributed by atoms with van der Waals surface area (Å²) in [5, 5.41) is 14.8. The zero-order valence-electron chi connectivity index (χ0n) is 14.5. The van der Waals surface area contributed by atoms with Crippen molar-refractivity contribution in [2.45, 2.75) is 71.3 Å². The number of piperidine rings is 1. The van der Waals surface area contributed by atoms with E-state index >= 15 is 0 Å². The van der Waals surface area contributed by atoms with Crippen molar-refractivity contribution in [1.29, 1.82) is 0 Å². The second-order valence-corrected chi connectivity index (χ2v) is 7.42. The van der Waals surface area contributed by atoms with Crippen LogP contribution >= 0.6 is 0 Å². The summed E-state index contributed by atoms with van der Waals surface area (Å²) in [7, 11) is 0. The minimum Gasteiger partial charge on any atom is -0.389 e. The number of hydrogen-bond donors (Lipinski definition) is 1. The highest BCUT2D eigenvalue weighted by atomic mass is 16.5. The standard InChI is InChI=1S/C18H28N2O3/c1-4-5-18(22)7-6-17(18)8-10-20(11-9-17)16(21)12-15-13(2)19-23-14(15)3/h22H,4-12H2,1-3H3. The number of carbonyl (C=O) groups is 1. The van der Waals surface area contributed by atoms with E-state index in [1.165, 1.54) is 0 Å². The Bertz CT molecular complexity index is 568. The van der Waals surface area contributed by atoms with E-state index in [2.05, 4.69) is 12.1 Å².